The van der Waals surface area contributed by atoms with Crippen LogP contribution in [0.4, 0.5) is 5.69 Å². The molecule has 5 aromatic rings. The van der Waals surface area contributed by atoms with Crippen LogP contribution in [0.2, 0.25) is 0 Å². The average molecular weight is 815 g/mol. The second-order valence-corrected chi connectivity index (χ2v) is 14.1. The monoisotopic (exact) mass is 814 g/mol. The largest absolute Gasteiger partial charge is 0.463 e. The fourth-order valence-electron chi connectivity index (χ4n) is 7.02. The van der Waals surface area contributed by atoms with Crippen LogP contribution in [-0.4, -0.2) is 119 Å². The topological polar surface area (TPSA) is 198 Å². The smallest absolute Gasteiger partial charge is 0.303 e. The zero-order chi connectivity index (χ0) is 41.5. The maximum Gasteiger partial charge on any atom is 0.303 e. The molecule has 0 unspecified atom stereocenters. The van der Waals surface area contributed by atoms with E-state index in [-0.39, 0.29) is 13.2 Å². The van der Waals surface area contributed by atoms with Crippen LogP contribution >= 0.6 is 0 Å². The highest BCUT2D eigenvalue weighted by atomic mass is 16.7. The second-order valence-electron chi connectivity index (χ2n) is 14.1. The van der Waals surface area contributed by atoms with E-state index in [0.29, 0.717) is 68.4 Å². The highest BCUT2D eigenvalue weighted by Gasteiger charge is 2.52. The first-order valence-corrected chi connectivity index (χ1v) is 19.4. The van der Waals surface area contributed by atoms with Gasteiger partial charge in [-0.15, -0.1) is 0 Å². The number of ether oxygens (including phenoxy) is 7. The molecule has 0 radical (unpaired) electrons. The molecule has 0 bridgehead atoms. The van der Waals surface area contributed by atoms with E-state index in [2.05, 4.69) is 10.00 Å². The maximum atomic E-state index is 12.1. The molecule has 6 heterocycles. The molecule has 18 nitrogen and oxygen atoms in total. The predicted octanol–water partition coefficient (Wildman–Crippen LogP) is 4.26. The number of carbonyl (C=O) groups is 4. The van der Waals surface area contributed by atoms with Gasteiger partial charge in [0.15, 0.2) is 36.0 Å². The summed E-state index contributed by atoms with van der Waals surface area (Å²) in [7, 11) is 0. The average Bonchev–Trinajstić information content (AvgIpc) is 3.99. The number of fused-ring (bicyclic) bond motifs is 1. The van der Waals surface area contributed by atoms with Gasteiger partial charge in [-0.05, 0) is 18.9 Å². The van der Waals surface area contributed by atoms with Crippen LogP contribution in [0.15, 0.2) is 71.5 Å². The van der Waals surface area contributed by atoms with E-state index in [0.717, 1.165) is 36.4 Å². The number of unbranched alkanes of at least 4 members (excludes halogenated alkanes) is 1. The van der Waals surface area contributed by atoms with Gasteiger partial charge in [0.1, 0.15) is 24.0 Å². The van der Waals surface area contributed by atoms with Crippen molar-refractivity contribution in [3.63, 3.8) is 0 Å². The summed E-state index contributed by atoms with van der Waals surface area (Å²) in [5.74, 6) is -1.46. The van der Waals surface area contributed by atoms with Crippen molar-refractivity contribution >= 4 is 40.7 Å². The number of hydrogen-bond donors (Lipinski definition) is 0. The van der Waals surface area contributed by atoms with Gasteiger partial charge >= 0.3 is 23.9 Å². The van der Waals surface area contributed by atoms with Crippen molar-refractivity contribution in [3.05, 3.63) is 67.1 Å². The first kappa shape index (κ1) is 41.1. The van der Waals surface area contributed by atoms with E-state index >= 15 is 0 Å². The van der Waals surface area contributed by atoms with E-state index < -0.39 is 54.6 Å². The molecule has 7 rings (SSSR count). The van der Waals surface area contributed by atoms with Crippen molar-refractivity contribution in [1.29, 1.82) is 0 Å². The maximum absolute atomic E-state index is 12.1. The molecule has 59 heavy (non-hydrogen) atoms. The van der Waals surface area contributed by atoms with Gasteiger partial charge in [-0.3, -0.25) is 23.9 Å². The number of nitrogens with zero attached hydrogens (tertiary/aromatic N) is 6. The third kappa shape index (κ3) is 10.1. The van der Waals surface area contributed by atoms with Crippen LogP contribution in [0.25, 0.3) is 39.5 Å². The Hall–Kier alpha value is -6.11. The Labute approximate surface area is 339 Å². The number of esters is 4. The Balaban J connectivity index is 1.03. The molecular formula is C41H46N6O12. The van der Waals surface area contributed by atoms with Gasteiger partial charge in [0.25, 0.3) is 0 Å². The zero-order valence-corrected chi connectivity index (χ0v) is 33.2. The van der Waals surface area contributed by atoms with Gasteiger partial charge in [-0.2, -0.15) is 10.2 Å². The van der Waals surface area contributed by atoms with E-state index in [4.69, 9.17) is 47.7 Å². The number of carbonyl (C=O) groups excluding carboxylic acids is 4. The SMILES string of the molecule is CC(=O)OC[C@H]1O[C@@H](OCCCCn2cc(-c3cc4nc(-n5ccc(-c6ccccc6)n5)cc(N5CCOCC5)c4o3)cn2)[C@H](OC(C)=O)[C@@H](OC(C)=O)[C@@H]1OC(C)=O. The Morgan fingerprint density at radius 2 is 1.56 bits per heavy atom. The van der Waals surface area contributed by atoms with Gasteiger partial charge < -0.3 is 42.5 Å². The van der Waals surface area contributed by atoms with Crippen molar-refractivity contribution < 1.29 is 56.8 Å². The van der Waals surface area contributed by atoms with Crippen molar-refractivity contribution in [3.8, 4) is 28.4 Å². The normalized spacial score (nSPS) is 20.6. The standard InChI is InChI=1S/C41H46N6O12/c1-25(48)54-24-35-38(55-26(2)49)39(56-27(3)50)40(57-28(4)51)41(59-35)53-17-9-8-13-46-23-30(22-42-46)34-20-32-37(58-34)33(45-15-18-52-19-16-45)21-36(43-32)47-14-12-31(44-47)29-10-6-5-7-11-29/h5-7,10-12,14,20-23,35,38-41H,8-9,13,15-19,24H2,1-4H3/t35-,38-,39+,40-,41-/m1/s1. The number of aromatic nitrogens is 5. The molecule has 4 aromatic heterocycles. The van der Waals surface area contributed by atoms with Crippen molar-refractivity contribution in [2.45, 2.75) is 77.8 Å². The first-order chi connectivity index (χ1) is 28.5. The summed E-state index contributed by atoms with van der Waals surface area (Å²) in [6, 6.07) is 15.8. The van der Waals surface area contributed by atoms with Gasteiger partial charge in [0, 0.05) is 84.0 Å². The highest BCUT2D eigenvalue weighted by molar-refractivity contribution is 5.91. The molecule has 5 atom stereocenters. The number of pyridine rings is 1. The van der Waals surface area contributed by atoms with E-state index in [1.54, 1.807) is 15.6 Å². The van der Waals surface area contributed by atoms with Crippen molar-refractivity contribution in [2.24, 2.45) is 0 Å². The summed E-state index contributed by atoms with van der Waals surface area (Å²) < 4.78 is 49.3. The molecule has 0 amide bonds. The van der Waals surface area contributed by atoms with Crippen LogP contribution in [0.1, 0.15) is 40.5 Å². The number of rotatable bonds is 15. The third-order valence-corrected chi connectivity index (χ3v) is 9.62. The minimum Gasteiger partial charge on any atom is -0.463 e. The number of aryl methyl sites for hydroxylation is 1. The Bertz CT molecular complexity index is 2250. The summed E-state index contributed by atoms with van der Waals surface area (Å²) in [6.45, 7) is 7.68. The summed E-state index contributed by atoms with van der Waals surface area (Å²) in [5, 5.41) is 9.38. The predicted molar refractivity (Wildman–Crippen MR) is 208 cm³/mol. The molecule has 312 valence electrons. The molecule has 2 aliphatic rings. The number of furan rings is 1. The molecule has 0 saturated carbocycles. The van der Waals surface area contributed by atoms with Gasteiger partial charge in [0.2, 0.25) is 0 Å². The fraction of sp³-hybridized carbons (Fsp3) is 0.439. The van der Waals surface area contributed by atoms with Gasteiger partial charge in [-0.1, -0.05) is 30.3 Å². The lowest BCUT2D eigenvalue weighted by atomic mass is 9.98. The quantitative estimate of drug-likeness (QED) is 0.0825. The molecule has 0 aliphatic carbocycles. The van der Waals surface area contributed by atoms with Crippen LogP contribution in [-0.2, 0) is 58.9 Å². The molecule has 0 spiro atoms. The molecule has 2 saturated heterocycles. The molecule has 0 N–H and O–H groups in total. The van der Waals surface area contributed by atoms with Gasteiger partial charge in [0.05, 0.1) is 36.4 Å². The summed E-state index contributed by atoms with van der Waals surface area (Å²) in [5.41, 5.74) is 4.87. The molecular weight excluding hydrogens is 768 g/mol. The number of benzene rings is 1. The fourth-order valence-corrected chi connectivity index (χ4v) is 7.02. The Morgan fingerprint density at radius 1 is 0.831 bits per heavy atom. The lowest BCUT2D eigenvalue weighted by molar-refractivity contribution is -0.308. The number of morpholine rings is 1. The molecule has 2 fully saturated rings. The molecule has 1 aromatic carbocycles. The van der Waals surface area contributed by atoms with E-state index in [1.807, 2.05) is 60.9 Å². The Kier molecular flexibility index (Phi) is 13.0. The van der Waals surface area contributed by atoms with Crippen LogP contribution < -0.4 is 4.90 Å². The van der Waals surface area contributed by atoms with Crippen LogP contribution in [0.5, 0.6) is 0 Å². The molecule has 2 aliphatic heterocycles. The summed E-state index contributed by atoms with van der Waals surface area (Å²) >= 11 is 0. The van der Waals surface area contributed by atoms with Crippen LogP contribution in [0, 0.1) is 0 Å². The third-order valence-electron chi connectivity index (χ3n) is 9.62. The lowest BCUT2D eigenvalue weighted by Gasteiger charge is -2.44. The first-order valence-electron chi connectivity index (χ1n) is 19.4. The van der Waals surface area contributed by atoms with E-state index in [1.165, 1.54) is 13.8 Å². The number of anilines is 1. The van der Waals surface area contributed by atoms with Crippen molar-refractivity contribution in [2.75, 3.05) is 44.4 Å². The van der Waals surface area contributed by atoms with Crippen molar-refractivity contribution in [1.82, 2.24) is 24.5 Å². The lowest BCUT2D eigenvalue weighted by Crippen LogP contribution is -2.63. The van der Waals surface area contributed by atoms with Gasteiger partial charge in [-0.25, -0.2) is 9.67 Å². The Morgan fingerprint density at radius 3 is 2.29 bits per heavy atom. The minimum atomic E-state index is -1.30. The second kappa shape index (κ2) is 18.6. The molecule has 18 heteroatoms. The van der Waals surface area contributed by atoms with E-state index in [9.17, 15) is 19.2 Å². The highest BCUT2D eigenvalue weighted by Crippen LogP contribution is 2.35. The van der Waals surface area contributed by atoms with Crippen LogP contribution in [0.3, 0.4) is 0 Å². The summed E-state index contributed by atoms with van der Waals surface area (Å²) in [6.07, 6.45) is 0.527. The minimum absolute atomic E-state index is 0.146. The zero-order valence-electron chi connectivity index (χ0n) is 33.2. The summed E-state index contributed by atoms with van der Waals surface area (Å²) in [4.78, 5) is 55.1. The number of hydrogen-bond acceptors (Lipinski definition) is 16.